The number of carboxylic acids is 1. The van der Waals surface area contributed by atoms with Crippen LogP contribution in [0, 0.1) is 0 Å². The first-order valence-electron chi connectivity index (χ1n) is 6.62. The lowest BCUT2D eigenvalue weighted by Crippen LogP contribution is -2.59. The van der Waals surface area contributed by atoms with Crippen molar-refractivity contribution in [1.82, 2.24) is 15.5 Å². The molecule has 110 valence electrons. The van der Waals surface area contributed by atoms with E-state index in [0.717, 1.165) is 12.8 Å². The summed E-state index contributed by atoms with van der Waals surface area (Å²) in [5.41, 5.74) is -0.685. The zero-order valence-electron chi connectivity index (χ0n) is 12.2. The van der Waals surface area contributed by atoms with Crippen molar-refractivity contribution in [3.63, 3.8) is 0 Å². The zero-order chi connectivity index (χ0) is 14.7. The molecule has 0 aromatic heterocycles. The number of nitrogens with one attached hydrogen (secondary N) is 2. The first kappa shape index (κ1) is 15.8. The van der Waals surface area contributed by atoms with Gasteiger partial charge < -0.3 is 20.6 Å². The number of rotatable bonds is 6. The van der Waals surface area contributed by atoms with Crippen LogP contribution in [0.3, 0.4) is 0 Å². The number of nitrogens with zero attached hydrogens (tertiary/aromatic N) is 1. The minimum absolute atomic E-state index is 0.0638. The fourth-order valence-corrected chi connectivity index (χ4v) is 2.39. The van der Waals surface area contributed by atoms with Gasteiger partial charge in [0.15, 0.2) is 0 Å². The molecule has 0 aliphatic heterocycles. The van der Waals surface area contributed by atoms with Crippen molar-refractivity contribution >= 4 is 12.0 Å². The normalized spacial score (nSPS) is 17.7. The SMILES string of the molecule is CN(C)C1(CNC(=O)NC(C)(C)CC(=O)O)CCC1. The highest BCUT2D eigenvalue weighted by Crippen LogP contribution is 2.35. The van der Waals surface area contributed by atoms with Gasteiger partial charge in [-0.1, -0.05) is 0 Å². The highest BCUT2D eigenvalue weighted by Gasteiger charge is 2.39. The molecular weight excluding hydrogens is 246 g/mol. The Kier molecular flexibility index (Phi) is 4.79. The molecule has 2 amide bonds. The third-order valence-corrected chi connectivity index (χ3v) is 3.86. The van der Waals surface area contributed by atoms with Crippen LogP contribution in [0.15, 0.2) is 0 Å². The number of hydrogen-bond donors (Lipinski definition) is 3. The molecule has 1 aliphatic carbocycles. The van der Waals surface area contributed by atoms with Crippen LogP contribution in [0.4, 0.5) is 4.79 Å². The Balaban J connectivity index is 2.41. The van der Waals surface area contributed by atoms with E-state index in [1.807, 2.05) is 14.1 Å². The second kappa shape index (κ2) is 5.77. The topological polar surface area (TPSA) is 81.7 Å². The smallest absolute Gasteiger partial charge is 0.315 e. The number of aliphatic carboxylic acids is 1. The third-order valence-electron chi connectivity index (χ3n) is 3.86. The van der Waals surface area contributed by atoms with Gasteiger partial charge in [0, 0.05) is 17.6 Å². The molecule has 0 bridgehead atoms. The van der Waals surface area contributed by atoms with E-state index in [9.17, 15) is 9.59 Å². The maximum Gasteiger partial charge on any atom is 0.315 e. The highest BCUT2D eigenvalue weighted by molar-refractivity contribution is 5.76. The number of hydrogen-bond acceptors (Lipinski definition) is 3. The Morgan fingerprint density at radius 2 is 1.89 bits per heavy atom. The minimum Gasteiger partial charge on any atom is -0.481 e. The van der Waals surface area contributed by atoms with Gasteiger partial charge in [-0.15, -0.1) is 0 Å². The lowest BCUT2D eigenvalue weighted by Gasteiger charge is -2.47. The van der Waals surface area contributed by atoms with E-state index in [2.05, 4.69) is 15.5 Å². The Bertz CT molecular complexity index is 349. The standard InChI is InChI=1S/C13H25N3O3/c1-12(2,8-10(17)18)15-11(19)14-9-13(16(3)4)6-5-7-13/h5-9H2,1-4H3,(H,17,18)(H2,14,15,19). The predicted octanol–water partition coefficient (Wildman–Crippen LogP) is 1.02. The molecule has 0 atom stereocenters. The summed E-state index contributed by atoms with van der Waals surface area (Å²) < 4.78 is 0. The Hall–Kier alpha value is -1.30. The van der Waals surface area contributed by atoms with E-state index in [1.54, 1.807) is 13.8 Å². The largest absolute Gasteiger partial charge is 0.481 e. The van der Waals surface area contributed by atoms with Crippen molar-refractivity contribution in [2.75, 3.05) is 20.6 Å². The molecule has 1 fully saturated rings. The number of likely N-dealkylation sites (N-methyl/N-ethyl adjacent to an activating group) is 1. The average Bonchev–Trinajstić information content (AvgIpc) is 2.11. The van der Waals surface area contributed by atoms with E-state index in [0.29, 0.717) is 6.54 Å². The second-order valence-corrected chi connectivity index (χ2v) is 6.23. The zero-order valence-corrected chi connectivity index (χ0v) is 12.2. The summed E-state index contributed by atoms with van der Waals surface area (Å²) >= 11 is 0. The van der Waals surface area contributed by atoms with Crippen molar-refractivity contribution < 1.29 is 14.7 Å². The molecule has 0 heterocycles. The molecule has 1 aliphatic rings. The van der Waals surface area contributed by atoms with Gasteiger partial charge in [-0.2, -0.15) is 0 Å². The van der Waals surface area contributed by atoms with Crippen molar-refractivity contribution in [3.8, 4) is 0 Å². The molecule has 0 radical (unpaired) electrons. The van der Waals surface area contributed by atoms with E-state index in [-0.39, 0.29) is 18.0 Å². The van der Waals surface area contributed by atoms with Gasteiger partial charge in [0.25, 0.3) is 0 Å². The van der Waals surface area contributed by atoms with Gasteiger partial charge in [-0.3, -0.25) is 4.79 Å². The van der Waals surface area contributed by atoms with Crippen LogP contribution in [0.25, 0.3) is 0 Å². The molecule has 19 heavy (non-hydrogen) atoms. The summed E-state index contributed by atoms with van der Waals surface area (Å²) in [6.45, 7) is 3.99. The van der Waals surface area contributed by atoms with Crippen LogP contribution < -0.4 is 10.6 Å². The average molecular weight is 271 g/mol. The van der Waals surface area contributed by atoms with E-state index in [4.69, 9.17) is 5.11 Å². The summed E-state index contributed by atoms with van der Waals surface area (Å²) in [5, 5.41) is 14.3. The van der Waals surface area contributed by atoms with Crippen LogP contribution in [0.2, 0.25) is 0 Å². The second-order valence-electron chi connectivity index (χ2n) is 6.23. The van der Waals surface area contributed by atoms with Crippen molar-refractivity contribution in [2.45, 2.75) is 50.6 Å². The van der Waals surface area contributed by atoms with Crippen LogP contribution in [0.1, 0.15) is 39.5 Å². The fourth-order valence-electron chi connectivity index (χ4n) is 2.39. The molecule has 1 saturated carbocycles. The van der Waals surface area contributed by atoms with Gasteiger partial charge in [-0.05, 0) is 47.2 Å². The number of carboxylic acid groups (broad SMARTS) is 1. The summed E-state index contributed by atoms with van der Waals surface area (Å²) in [6.07, 6.45) is 3.25. The van der Waals surface area contributed by atoms with Gasteiger partial charge in [0.1, 0.15) is 0 Å². The maximum atomic E-state index is 11.8. The lowest BCUT2D eigenvalue weighted by molar-refractivity contribution is -0.138. The summed E-state index contributed by atoms with van der Waals surface area (Å²) in [4.78, 5) is 24.6. The van der Waals surface area contributed by atoms with E-state index < -0.39 is 11.5 Å². The summed E-state index contributed by atoms with van der Waals surface area (Å²) in [6, 6.07) is -0.306. The fraction of sp³-hybridized carbons (Fsp3) is 0.846. The number of carbonyl (C=O) groups is 2. The lowest BCUT2D eigenvalue weighted by atomic mass is 9.75. The maximum absolute atomic E-state index is 11.8. The number of amides is 2. The van der Waals surface area contributed by atoms with Gasteiger partial charge >= 0.3 is 12.0 Å². The molecule has 6 heteroatoms. The minimum atomic E-state index is -0.922. The number of carbonyl (C=O) groups excluding carboxylic acids is 1. The molecule has 1 rings (SSSR count). The van der Waals surface area contributed by atoms with Gasteiger partial charge in [-0.25, -0.2) is 4.79 Å². The Labute approximate surface area is 114 Å². The van der Waals surface area contributed by atoms with Gasteiger partial charge in [0.2, 0.25) is 0 Å². The van der Waals surface area contributed by atoms with Crippen molar-refractivity contribution in [3.05, 3.63) is 0 Å². The Morgan fingerprint density at radius 3 is 2.26 bits per heavy atom. The molecule has 0 spiro atoms. The first-order valence-corrected chi connectivity index (χ1v) is 6.62. The van der Waals surface area contributed by atoms with Crippen LogP contribution in [-0.2, 0) is 4.79 Å². The van der Waals surface area contributed by atoms with Gasteiger partial charge in [0.05, 0.1) is 6.42 Å². The third kappa shape index (κ3) is 4.38. The van der Waals surface area contributed by atoms with Crippen molar-refractivity contribution in [2.24, 2.45) is 0 Å². The van der Waals surface area contributed by atoms with Crippen LogP contribution in [-0.4, -0.2) is 53.7 Å². The molecule has 0 saturated heterocycles. The molecule has 6 nitrogen and oxygen atoms in total. The summed E-state index contributed by atoms with van der Waals surface area (Å²) in [5.74, 6) is -0.922. The molecule has 0 aromatic rings. The van der Waals surface area contributed by atoms with E-state index in [1.165, 1.54) is 6.42 Å². The molecular formula is C13H25N3O3. The summed E-state index contributed by atoms with van der Waals surface area (Å²) in [7, 11) is 4.04. The Morgan fingerprint density at radius 1 is 1.32 bits per heavy atom. The van der Waals surface area contributed by atoms with Crippen LogP contribution >= 0.6 is 0 Å². The molecule has 3 N–H and O–H groups in total. The monoisotopic (exact) mass is 271 g/mol. The van der Waals surface area contributed by atoms with Crippen molar-refractivity contribution in [1.29, 1.82) is 0 Å². The quantitative estimate of drug-likeness (QED) is 0.674. The van der Waals surface area contributed by atoms with E-state index >= 15 is 0 Å². The van der Waals surface area contributed by atoms with Crippen LogP contribution in [0.5, 0.6) is 0 Å². The molecule has 0 unspecified atom stereocenters. The number of urea groups is 1. The highest BCUT2D eigenvalue weighted by atomic mass is 16.4. The first-order chi connectivity index (χ1) is 8.67. The molecule has 0 aromatic carbocycles. The predicted molar refractivity (Wildman–Crippen MR) is 73.1 cm³/mol.